The molecule has 1 N–H and O–H groups in total. The van der Waals surface area contributed by atoms with Crippen molar-refractivity contribution < 1.29 is 14.1 Å². The van der Waals surface area contributed by atoms with Gasteiger partial charge < -0.3 is 5.32 Å². The minimum absolute atomic E-state index is 0.0194. The van der Waals surface area contributed by atoms with Gasteiger partial charge in [0.05, 0.1) is 11.5 Å². The van der Waals surface area contributed by atoms with Crippen LogP contribution in [0.25, 0.3) is 0 Å². The van der Waals surface area contributed by atoms with Gasteiger partial charge in [0.1, 0.15) is 29.3 Å². The van der Waals surface area contributed by atoms with Crippen LogP contribution in [0.1, 0.15) is 11.3 Å². The van der Waals surface area contributed by atoms with Gasteiger partial charge in [-0.15, -0.1) is 0 Å². The molecule has 0 aliphatic rings. The highest BCUT2D eigenvalue weighted by Crippen LogP contribution is 2.24. The summed E-state index contributed by atoms with van der Waals surface area (Å²) in [6, 6.07) is 4.32. The predicted molar refractivity (Wildman–Crippen MR) is 100.0 cm³/mol. The van der Waals surface area contributed by atoms with Crippen LogP contribution in [0.5, 0.6) is 0 Å². The van der Waals surface area contributed by atoms with E-state index in [1.807, 2.05) is 0 Å². The van der Waals surface area contributed by atoms with Gasteiger partial charge in [0.15, 0.2) is 5.82 Å². The molecule has 0 atom stereocenters. The van der Waals surface area contributed by atoms with Crippen LogP contribution in [-0.2, 0) is 17.9 Å². The van der Waals surface area contributed by atoms with E-state index in [1.165, 1.54) is 34.6 Å². The number of hydrogen-bond donors (Lipinski definition) is 1. The van der Waals surface area contributed by atoms with E-state index in [4.69, 9.17) is 23.2 Å². The summed E-state index contributed by atoms with van der Waals surface area (Å²) in [5, 5.41) is 21.7. The summed E-state index contributed by atoms with van der Waals surface area (Å²) in [7, 11) is 0. The summed E-state index contributed by atoms with van der Waals surface area (Å²) in [5.41, 5.74) is 0.295. The van der Waals surface area contributed by atoms with E-state index in [0.29, 0.717) is 0 Å². The second kappa shape index (κ2) is 7.95. The topological polar surface area (TPSA) is 108 Å². The Labute approximate surface area is 167 Å². The molecular formula is C16H13Cl2FN6O3. The molecule has 0 bridgehead atoms. The van der Waals surface area contributed by atoms with Crippen LogP contribution < -0.4 is 5.32 Å². The molecule has 1 amide bonds. The SMILES string of the molecule is Cc1c([N+](=O)[O-])cnn1CC(=O)Nc1nn(Cc2c(F)cccc2Cl)cc1Cl. The van der Waals surface area contributed by atoms with Crippen molar-refractivity contribution in [2.24, 2.45) is 0 Å². The number of benzene rings is 1. The summed E-state index contributed by atoms with van der Waals surface area (Å²) in [6.45, 7) is 1.24. The van der Waals surface area contributed by atoms with Crippen LogP contribution in [0.3, 0.4) is 0 Å². The molecule has 0 fully saturated rings. The van der Waals surface area contributed by atoms with Crippen LogP contribution in [0.15, 0.2) is 30.6 Å². The monoisotopic (exact) mass is 426 g/mol. The minimum Gasteiger partial charge on any atom is -0.306 e. The van der Waals surface area contributed by atoms with Gasteiger partial charge in [-0.05, 0) is 19.1 Å². The number of anilines is 1. The Morgan fingerprint density at radius 2 is 2.11 bits per heavy atom. The number of nitrogens with zero attached hydrogens (tertiary/aromatic N) is 5. The van der Waals surface area contributed by atoms with Gasteiger partial charge in [-0.1, -0.05) is 29.3 Å². The number of amides is 1. The van der Waals surface area contributed by atoms with Gasteiger partial charge in [-0.25, -0.2) is 4.39 Å². The maximum atomic E-state index is 13.9. The third-order valence-electron chi connectivity index (χ3n) is 3.92. The summed E-state index contributed by atoms with van der Waals surface area (Å²) in [4.78, 5) is 22.5. The van der Waals surface area contributed by atoms with Gasteiger partial charge >= 0.3 is 5.69 Å². The van der Waals surface area contributed by atoms with Crippen molar-refractivity contribution >= 4 is 40.6 Å². The summed E-state index contributed by atoms with van der Waals surface area (Å²) < 4.78 is 16.4. The lowest BCUT2D eigenvalue weighted by Crippen LogP contribution is -2.21. The zero-order valence-electron chi connectivity index (χ0n) is 14.4. The first kappa shape index (κ1) is 19.8. The Hall–Kier alpha value is -2.98. The van der Waals surface area contributed by atoms with Crippen molar-refractivity contribution in [1.29, 1.82) is 0 Å². The molecule has 0 aliphatic carbocycles. The van der Waals surface area contributed by atoms with Crippen LogP contribution in [0.4, 0.5) is 15.9 Å². The molecule has 0 spiro atoms. The van der Waals surface area contributed by atoms with Crippen LogP contribution >= 0.6 is 23.2 Å². The second-order valence-corrected chi connectivity index (χ2v) is 6.62. The highest BCUT2D eigenvalue weighted by Gasteiger charge is 2.19. The van der Waals surface area contributed by atoms with Crippen molar-refractivity contribution in [3.8, 4) is 0 Å². The summed E-state index contributed by atoms with van der Waals surface area (Å²) >= 11 is 12.1. The number of halogens is 3. The zero-order valence-corrected chi connectivity index (χ0v) is 15.9. The van der Waals surface area contributed by atoms with Crippen molar-refractivity contribution in [3.05, 3.63) is 67.8 Å². The molecular weight excluding hydrogens is 414 g/mol. The maximum absolute atomic E-state index is 13.9. The number of carbonyl (C=O) groups is 1. The van der Waals surface area contributed by atoms with E-state index in [0.717, 1.165) is 6.20 Å². The van der Waals surface area contributed by atoms with E-state index >= 15 is 0 Å². The Balaban J connectivity index is 1.71. The van der Waals surface area contributed by atoms with Gasteiger partial charge in [0, 0.05) is 16.8 Å². The molecule has 0 saturated heterocycles. The smallest absolute Gasteiger partial charge is 0.306 e. The maximum Gasteiger partial charge on any atom is 0.309 e. The lowest BCUT2D eigenvalue weighted by Gasteiger charge is -2.06. The van der Waals surface area contributed by atoms with Gasteiger partial charge in [-0.2, -0.15) is 10.2 Å². The lowest BCUT2D eigenvalue weighted by molar-refractivity contribution is -0.385. The van der Waals surface area contributed by atoms with E-state index < -0.39 is 16.6 Å². The molecule has 1 aromatic carbocycles. The molecule has 2 aromatic heterocycles. The van der Waals surface area contributed by atoms with E-state index in [9.17, 15) is 19.3 Å². The predicted octanol–water partition coefficient (Wildman–Crippen LogP) is 3.43. The molecule has 3 aromatic rings. The molecule has 2 heterocycles. The molecule has 0 unspecified atom stereocenters. The van der Waals surface area contributed by atoms with Crippen molar-refractivity contribution in [2.75, 3.05) is 5.32 Å². The van der Waals surface area contributed by atoms with E-state index in [-0.39, 0.29) is 45.9 Å². The first-order valence-electron chi connectivity index (χ1n) is 7.88. The Morgan fingerprint density at radius 1 is 1.36 bits per heavy atom. The molecule has 12 heteroatoms. The normalized spacial score (nSPS) is 10.9. The van der Waals surface area contributed by atoms with Gasteiger partial charge in [-0.3, -0.25) is 24.3 Å². The minimum atomic E-state index is -0.580. The lowest BCUT2D eigenvalue weighted by atomic mass is 10.2. The van der Waals surface area contributed by atoms with E-state index in [1.54, 1.807) is 6.07 Å². The molecule has 0 saturated carbocycles. The highest BCUT2D eigenvalue weighted by molar-refractivity contribution is 6.33. The first-order chi connectivity index (χ1) is 13.3. The molecule has 3 rings (SSSR count). The summed E-state index contributed by atoms with van der Waals surface area (Å²) in [6.07, 6.45) is 2.49. The van der Waals surface area contributed by atoms with E-state index in [2.05, 4.69) is 15.5 Å². The van der Waals surface area contributed by atoms with Crippen molar-refractivity contribution in [3.63, 3.8) is 0 Å². The van der Waals surface area contributed by atoms with Gasteiger partial charge in [0.25, 0.3) is 0 Å². The van der Waals surface area contributed by atoms with Crippen LogP contribution in [0, 0.1) is 22.9 Å². The number of nitro groups is 1. The quantitative estimate of drug-likeness (QED) is 0.479. The number of nitrogens with one attached hydrogen (secondary N) is 1. The fraction of sp³-hybridized carbons (Fsp3) is 0.188. The largest absolute Gasteiger partial charge is 0.309 e. The molecule has 0 aliphatic heterocycles. The Bertz CT molecular complexity index is 1040. The van der Waals surface area contributed by atoms with Crippen LogP contribution in [-0.4, -0.2) is 30.4 Å². The fourth-order valence-corrected chi connectivity index (χ4v) is 2.91. The van der Waals surface area contributed by atoms with Gasteiger partial charge in [0.2, 0.25) is 5.91 Å². The Kier molecular flexibility index (Phi) is 5.61. The summed E-state index contributed by atoms with van der Waals surface area (Å²) in [5.74, 6) is -0.948. The molecule has 9 nitrogen and oxygen atoms in total. The first-order valence-corrected chi connectivity index (χ1v) is 8.64. The number of aromatic nitrogens is 4. The average Bonchev–Trinajstić information content (AvgIpc) is 3.14. The number of hydrogen-bond acceptors (Lipinski definition) is 5. The molecule has 28 heavy (non-hydrogen) atoms. The van der Waals surface area contributed by atoms with Crippen molar-refractivity contribution in [2.45, 2.75) is 20.0 Å². The highest BCUT2D eigenvalue weighted by atomic mass is 35.5. The third kappa shape index (κ3) is 4.12. The van der Waals surface area contributed by atoms with Crippen molar-refractivity contribution in [1.82, 2.24) is 19.6 Å². The fourth-order valence-electron chi connectivity index (χ4n) is 2.49. The molecule has 0 radical (unpaired) electrons. The third-order valence-corrected chi connectivity index (χ3v) is 4.55. The number of rotatable bonds is 6. The average molecular weight is 427 g/mol. The molecule has 146 valence electrons. The standard InChI is InChI=1S/C16H13Cl2FN6O3/c1-9-14(25(27)28)5-20-24(9)8-15(26)21-16-12(18)7-23(22-16)6-10-11(17)3-2-4-13(10)19/h2-5,7H,6,8H2,1H3,(H,21,22,26). The zero-order chi connectivity index (χ0) is 20.4. The Morgan fingerprint density at radius 3 is 2.75 bits per heavy atom. The second-order valence-electron chi connectivity index (χ2n) is 5.80. The number of carbonyl (C=O) groups excluding carboxylic acids is 1. The van der Waals surface area contributed by atoms with Crippen LogP contribution in [0.2, 0.25) is 10.0 Å².